The fourth-order valence-electron chi connectivity index (χ4n) is 3.45. The molecule has 1 N–H and O–H groups in total. The number of aryl methyl sites for hydroxylation is 3. The van der Waals surface area contributed by atoms with E-state index >= 15 is 0 Å². The number of benzene rings is 2. The molecule has 1 amide bonds. The molecule has 0 atom stereocenters. The van der Waals surface area contributed by atoms with Gasteiger partial charge in [-0.15, -0.1) is 5.10 Å². The average molecular weight is 492 g/mol. The molecular formula is C25H25N5O4S. The van der Waals surface area contributed by atoms with Gasteiger partial charge in [0.2, 0.25) is 5.16 Å². The normalized spacial score (nSPS) is 10.9. The molecule has 0 unspecified atom stereocenters. The molecule has 0 radical (unpaired) electrons. The van der Waals surface area contributed by atoms with Crippen LogP contribution in [0.3, 0.4) is 0 Å². The van der Waals surface area contributed by atoms with Crippen molar-refractivity contribution >= 4 is 35.1 Å². The lowest BCUT2D eigenvalue weighted by molar-refractivity contribution is -0.146. The number of nitrogens with zero attached hydrogens (tertiary/aromatic N) is 4. The Labute approximate surface area is 206 Å². The summed E-state index contributed by atoms with van der Waals surface area (Å²) in [5.41, 5.74) is 3.71. The molecule has 4 rings (SSSR count). The number of rotatable bonds is 8. The van der Waals surface area contributed by atoms with E-state index in [9.17, 15) is 9.59 Å². The number of amides is 1. The predicted octanol–water partition coefficient (Wildman–Crippen LogP) is 4.29. The molecule has 0 saturated heterocycles. The number of esters is 1. The Hall–Kier alpha value is -3.92. The molecule has 0 saturated carbocycles. The van der Waals surface area contributed by atoms with Crippen molar-refractivity contribution in [1.82, 2.24) is 19.6 Å². The molecule has 4 aromatic rings. The van der Waals surface area contributed by atoms with Gasteiger partial charge in [-0.05, 0) is 51.3 Å². The van der Waals surface area contributed by atoms with E-state index in [4.69, 9.17) is 9.47 Å². The highest BCUT2D eigenvalue weighted by atomic mass is 32.2. The van der Waals surface area contributed by atoms with Gasteiger partial charge in [0.25, 0.3) is 11.7 Å². The molecule has 0 aliphatic heterocycles. The van der Waals surface area contributed by atoms with Crippen LogP contribution in [-0.2, 0) is 20.7 Å². The quantitative estimate of drug-likeness (QED) is 0.287. The number of para-hydroxylation sites is 2. The van der Waals surface area contributed by atoms with Crippen molar-refractivity contribution in [1.29, 1.82) is 0 Å². The van der Waals surface area contributed by atoms with E-state index in [-0.39, 0.29) is 6.42 Å². The molecule has 180 valence electrons. The van der Waals surface area contributed by atoms with Crippen LogP contribution in [0.5, 0.6) is 11.5 Å². The lowest BCUT2D eigenvalue weighted by Crippen LogP contribution is -2.22. The number of hydrogen-bond acceptors (Lipinski definition) is 8. The van der Waals surface area contributed by atoms with E-state index in [2.05, 4.69) is 20.4 Å². The number of nitrogens with one attached hydrogen (secondary N) is 1. The first-order valence-corrected chi connectivity index (χ1v) is 12.1. The van der Waals surface area contributed by atoms with Gasteiger partial charge in [0, 0.05) is 17.0 Å². The lowest BCUT2D eigenvalue weighted by atomic mass is 10.1. The number of carbonyl (C=O) groups excluding carboxylic acids is 2. The summed E-state index contributed by atoms with van der Waals surface area (Å²) < 4.78 is 12.7. The highest BCUT2D eigenvalue weighted by Crippen LogP contribution is 2.29. The topological polar surface area (TPSA) is 108 Å². The standard InChI is InChI=1S/C25H25N5O4S/c1-15-9-11-18(12-10-15)34-21-8-6-5-7-20(21)27-22(31)14-33-23(32)13-19-16(2)26-24-28-25(35-4)29-30(24)17(19)3/h5-12H,13-14H2,1-4H3,(H,27,31). The van der Waals surface area contributed by atoms with Gasteiger partial charge in [-0.3, -0.25) is 9.59 Å². The maximum Gasteiger partial charge on any atom is 0.310 e. The summed E-state index contributed by atoms with van der Waals surface area (Å²) >= 11 is 1.41. The second-order valence-electron chi connectivity index (χ2n) is 7.87. The van der Waals surface area contributed by atoms with Crippen LogP contribution in [0.15, 0.2) is 53.7 Å². The fourth-order valence-corrected chi connectivity index (χ4v) is 3.79. The highest BCUT2D eigenvalue weighted by molar-refractivity contribution is 7.98. The zero-order valence-corrected chi connectivity index (χ0v) is 20.7. The van der Waals surface area contributed by atoms with E-state index in [1.807, 2.05) is 50.4 Å². The Kier molecular flexibility index (Phi) is 7.31. The monoisotopic (exact) mass is 491 g/mol. The van der Waals surface area contributed by atoms with Crippen molar-refractivity contribution in [3.8, 4) is 11.5 Å². The van der Waals surface area contributed by atoms with Gasteiger partial charge in [0.1, 0.15) is 5.75 Å². The van der Waals surface area contributed by atoms with Crippen LogP contribution in [0.2, 0.25) is 0 Å². The minimum atomic E-state index is -0.540. The van der Waals surface area contributed by atoms with Gasteiger partial charge < -0.3 is 14.8 Å². The second kappa shape index (κ2) is 10.6. The maximum atomic E-state index is 12.5. The number of anilines is 1. The smallest absolute Gasteiger partial charge is 0.310 e. The summed E-state index contributed by atoms with van der Waals surface area (Å²) in [6.07, 6.45) is 1.85. The first-order valence-electron chi connectivity index (χ1n) is 10.9. The summed E-state index contributed by atoms with van der Waals surface area (Å²) in [7, 11) is 0. The fraction of sp³-hybridized carbons (Fsp3) is 0.240. The Bertz CT molecular complexity index is 1380. The molecule has 0 aliphatic rings. The molecule has 0 bridgehead atoms. The second-order valence-corrected chi connectivity index (χ2v) is 8.64. The lowest BCUT2D eigenvalue weighted by Gasteiger charge is -2.13. The van der Waals surface area contributed by atoms with Crippen molar-refractivity contribution in [3.05, 3.63) is 71.0 Å². The summed E-state index contributed by atoms with van der Waals surface area (Å²) in [6.45, 7) is 5.22. The van der Waals surface area contributed by atoms with E-state index in [1.54, 1.807) is 29.6 Å². The van der Waals surface area contributed by atoms with Gasteiger partial charge in [0.05, 0.1) is 12.1 Å². The minimum absolute atomic E-state index is 0.0323. The summed E-state index contributed by atoms with van der Waals surface area (Å²) in [6, 6.07) is 14.7. The van der Waals surface area contributed by atoms with Crippen molar-refractivity contribution in [2.24, 2.45) is 0 Å². The summed E-state index contributed by atoms with van der Waals surface area (Å²) in [5.74, 6) is 0.603. The molecule has 2 heterocycles. The van der Waals surface area contributed by atoms with Crippen LogP contribution in [0.4, 0.5) is 5.69 Å². The van der Waals surface area contributed by atoms with Crippen LogP contribution in [0.25, 0.3) is 5.78 Å². The van der Waals surface area contributed by atoms with Crippen LogP contribution in [0, 0.1) is 20.8 Å². The van der Waals surface area contributed by atoms with Gasteiger partial charge >= 0.3 is 5.97 Å². The van der Waals surface area contributed by atoms with Crippen molar-refractivity contribution in [3.63, 3.8) is 0 Å². The highest BCUT2D eigenvalue weighted by Gasteiger charge is 2.18. The number of thioether (sulfide) groups is 1. The number of hydrogen-bond donors (Lipinski definition) is 1. The van der Waals surface area contributed by atoms with Crippen molar-refractivity contribution < 1.29 is 19.1 Å². The van der Waals surface area contributed by atoms with Gasteiger partial charge in [-0.1, -0.05) is 41.6 Å². The van der Waals surface area contributed by atoms with Crippen LogP contribution < -0.4 is 10.1 Å². The van der Waals surface area contributed by atoms with E-state index < -0.39 is 18.5 Å². The Morgan fingerprint density at radius 2 is 1.77 bits per heavy atom. The number of ether oxygens (including phenoxy) is 2. The number of carbonyl (C=O) groups is 2. The average Bonchev–Trinajstić information content (AvgIpc) is 3.26. The molecule has 0 aliphatic carbocycles. The van der Waals surface area contributed by atoms with E-state index in [0.29, 0.717) is 39.4 Å². The molecule has 10 heteroatoms. The molecule has 9 nitrogen and oxygen atoms in total. The molecule has 0 spiro atoms. The SMILES string of the molecule is CSc1nc2nc(C)c(CC(=O)OCC(=O)Nc3ccccc3Oc3ccc(C)cc3)c(C)n2n1. The first kappa shape index (κ1) is 24.2. The Balaban J connectivity index is 1.37. The zero-order valence-electron chi connectivity index (χ0n) is 19.9. The largest absolute Gasteiger partial charge is 0.455 e. The van der Waals surface area contributed by atoms with Gasteiger partial charge in [0.15, 0.2) is 12.4 Å². The first-order chi connectivity index (χ1) is 16.8. The predicted molar refractivity (Wildman–Crippen MR) is 133 cm³/mol. The Morgan fingerprint density at radius 1 is 1.03 bits per heavy atom. The third-order valence-electron chi connectivity index (χ3n) is 5.31. The molecule has 2 aromatic heterocycles. The molecule has 0 fully saturated rings. The van der Waals surface area contributed by atoms with Crippen LogP contribution in [0.1, 0.15) is 22.5 Å². The molecule has 35 heavy (non-hydrogen) atoms. The van der Waals surface area contributed by atoms with Crippen LogP contribution in [-0.4, -0.2) is 44.3 Å². The summed E-state index contributed by atoms with van der Waals surface area (Å²) in [5, 5.41) is 7.72. The van der Waals surface area contributed by atoms with E-state index in [1.165, 1.54) is 11.8 Å². The van der Waals surface area contributed by atoms with Gasteiger partial charge in [-0.2, -0.15) is 4.98 Å². The van der Waals surface area contributed by atoms with E-state index in [0.717, 1.165) is 11.3 Å². The maximum absolute atomic E-state index is 12.5. The minimum Gasteiger partial charge on any atom is -0.455 e. The number of aromatic nitrogens is 4. The van der Waals surface area contributed by atoms with Gasteiger partial charge in [-0.25, -0.2) is 9.50 Å². The third-order valence-corrected chi connectivity index (χ3v) is 5.85. The Morgan fingerprint density at radius 3 is 2.51 bits per heavy atom. The number of fused-ring (bicyclic) bond motifs is 1. The molecule has 2 aromatic carbocycles. The van der Waals surface area contributed by atoms with Crippen molar-refractivity contribution in [2.75, 3.05) is 18.2 Å². The molecular weight excluding hydrogens is 466 g/mol. The third kappa shape index (κ3) is 5.78. The van der Waals surface area contributed by atoms with Crippen LogP contribution >= 0.6 is 11.8 Å². The zero-order chi connectivity index (χ0) is 24.9. The van der Waals surface area contributed by atoms with Crippen molar-refractivity contribution in [2.45, 2.75) is 32.3 Å². The summed E-state index contributed by atoms with van der Waals surface area (Å²) in [4.78, 5) is 33.8.